The zero-order chi connectivity index (χ0) is 33.9. The minimum Gasteiger partial charge on any atom is -0.504 e. The maximum atomic E-state index is 12.7. The van der Waals surface area contributed by atoms with Gasteiger partial charge in [-0.2, -0.15) is 0 Å². The number of hydrogen-bond acceptors (Lipinski definition) is 14. The summed E-state index contributed by atoms with van der Waals surface area (Å²) in [5.74, 6) is -2.26. The molecule has 4 rings (SSSR count). The molecule has 0 saturated carbocycles. The number of phenolic OH excluding ortho intramolecular Hbond substituents is 1. The molecule has 0 spiro atoms. The van der Waals surface area contributed by atoms with Crippen LogP contribution in [0.15, 0.2) is 24.3 Å². The Morgan fingerprint density at radius 2 is 1.52 bits per heavy atom. The molecule has 2 saturated heterocycles. The molecule has 256 valence electrons. The van der Waals surface area contributed by atoms with Gasteiger partial charge in [-0.25, -0.2) is 4.79 Å². The molecule has 0 aliphatic carbocycles. The molecule has 2 aliphatic rings. The first-order valence-corrected chi connectivity index (χ1v) is 14.8. The predicted octanol–water partition coefficient (Wildman–Crippen LogP) is 0.698. The van der Waals surface area contributed by atoms with Gasteiger partial charge in [-0.15, -0.1) is 0 Å². The number of hydrogen-bond donors (Lipinski definition) is 8. The van der Waals surface area contributed by atoms with Crippen molar-refractivity contribution in [2.45, 2.75) is 89.1 Å². The summed E-state index contributed by atoms with van der Waals surface area (Å²) in [4.78, 5) is 12.7. The highest BCUT2D eigenvalue weighted by atomic mass is 16.7. The summed E-state index contributed by atoms with van der Waals surface area (Å²) in [5.41, 5.74) is 0.721. The number of aryl methyl sites for hydroxylation is 1. The first-order chi connectivity index (χ1) is 21.7. The molecule has 15 heteroatoms. The largest absolute Gasteiger partial charge is 0.504 e. The van der Waals surface area contributed by atoms with E-state index in [4.69, 9.17) is 28.4 Å². The van der Waals surface area contributed by atoms with Crippen LogP contribution in [0.25, 0.3) is 0 Å². The zero-order valence-corrected chi connectivity index (χ0v) is 25.8. The molecule has 0 amide bonds. The van der Waals surface area contributed by atoms with Gasteiger partial charge in [-0.05, 0) is 49.1 Å². The minimum absolute atomic E-state index is 0.0123. The molecule has 9 atom stereocenters. The number of carboxylic acid groups (broad SMARTS) is 1. The first kappa shape index (κ1) is 35.8. The van der Waals surface area contributed by atoms with Gasteiger partial charge in [0.1, 0.15) is 53.7 Å². The third-order valence-corrected chi connectivity index (χ3v) is 7.71. The van der Waals surface area contributed by atoms with Gasteiger partial charge in [0.05, 0.1) is 33.0 Å². The van der Waals surface area contributed by atoms with E-state index in [-0.39, 0.29) is 59.9 Å². The van der Waals surface area contributed by atoms with E-state index < -0.39 is 66.8 Å². The number of aromatic hydroxyl groups is 1. The van der Waals surface area contributed by atoms with Crippen LogP contribution in [0.2, 0.25) is 0 Å². The van der Waals surface area contributed by atoms with Crippen molar-refractivity contribution in [2.24, 2.45) is 5.92 Å². The molecule has 2 aromatic carbocycles. The lowest BCUT2D eigenvalue weighted by Crippen LogP contribution is -2.54. The SMILES string of the molecule is COc1c(C(CC(C)C)OC2OCC(O)C(O)C2O)ccc(Oc2c(O)cc(C)cc2COC2OCC(O)C(O)C2O)c1C(=O)O. The quantitative estimate of drug-likeness (QED) is 0.157. The van der Waals surface area contributed by atoms with Gasteiger partial charge in [0.25, 0.3) is 0 Å². The van der Waals surface area contributed by atoms with Crippen LogP contribution in [0.3, 0.4) is 0 Å². The summed E-state index contributed by atoms with van der Waals surface area (Å²) in [7, 11) is 1.26. The van der Waals surface area contributed by atoms with Gasteiger partial charge in [-0.1, -0.05) is 13.8 Å². The van der Waals surface area contributed by atoms with Crippen molar-refractivity contribution in [1.82, 2.24) is 0 Å². The standard InChI is InChI=1S/C31H42O15/c1-13(2)7-21(46-31-26(38)24(36)19(34)12-44-31)16-5-6-20(22(29(39)40)28(16)41-4)45-27-15(8-14(3)9-17(27)32)10-42-30-25(37)23(35)18(33)11-43-30/h5-6,8-9,13,18-19,21,23-26,30-38H,7,10-12H2,1-4H3,(H,39,40). The first-order valence-electron chi connectivity index (χ1n) is 14.8. The summed E-state index contributed by atoms with van der Waals surface area (Å²) < 4.78 is 33.9. The number of carboxylic acids is 1. The summed E-state index contributed by atoms with van der Waals surface area (Å²) in [6, 6.07) is 5.86. The Bertz CT molecular complexity index is 1350. The normalized spacial score (nSPS) is 29.0. The van der Waals surface area contributed by atoms with Gasteiger partial charge in [0.2, 0.25) is 0 Å². The van der Waals surface area contributed by atoms with Crippen LogP contribution in [0, 0.1) is 12.8 Å². The smallest absolute Gasteiger partial charge is 0.343 e. The van der Waals surface area contributed by atoms with Crippen molar-refractivity contribution in [2.75, 3.05) is 20.3 Å². The van der Waals surface area contributed by atoms with Crippen molar-refractivity contribution < 1.29 is 74.1 Å². The molecule has 0 radical (unpaired) electrons. The molecular formula is C31H42O15. The minimum atomic E-state index is -1.58. The molecule has 46 heavy (non-hydrogen) atoms. The lowest BCUT2D eigenvalue weighted by atomic mass is 9.95. The fourth-order valence-electron chi connectivity index (χ4n) is 5.35. The van der Waals surface area contributed by atoms with Gasteiger partial charge in [0, 0.05) is 11.1 Å². The van der Waals surface area contributed by atoms with Crippen molar-refractivity contribution >= 4 is 5.97 Å². The van der Waals surface area contributed by atoms with Crippen molar-refractivity contribution in [3.05, 3.63) is 46.5 Å². The molecule has 15 nitrogen and oxygen atoms in total. The van der Waals surface area contributed by atoms with E-state index in [0.717, 1.165) is 0 Å². The van der Waals surface area contributed by atoms with Gasteiger partial charge < -0.3 is 69.3 Å². The number of rotatable bonds is 12. The van der Waals surface area contributed by atoms with Crippen LogP contribution in [-0.4, -0.2) is 116 Å². The molecule has 2 aliphatic heterocycles. The Labute approximate surface area is 265 Å². The average molecular weight is 655 g/mol. The molecule has 9 unspecified atom stereocenters. The summed E-state index contributed by atoms with van der Waals surface area (Å²) in [5, 5.41) is 81.5. The second-order valence-corrected chi connectivity index (χ2v) is 11.8. The van der Waals surface area contributed by atoms with Gasteiger partial charge >= 0.3 is 5.97 Å². The van der Waals surface area contributed by atoms with Crippen LogP contribution >= 0.6 is 0 Å². The van der Waals surface area contributed by atoms with E-state index in [1.807, 2.05) is 13.8 Å². The Kier molecular flexibility index (Phi) is 11.8. The summed E-state index contributed by atoms with van der Waals surface area (Å²) >= 11 is 0. The lowest BCUT2D eigenvalue weighted by molar-refractivity contribution is -0.285. The lowest BCUT2D eigenvalue weighted by Gasteiger charge is -2.37. The highest BCUT2D eigenvalue weighted by Gasteiger charge is 2.41. The third kappa shape index (κ3) is 7.88. The number of methoxy groups -OCH3 is 1. The number of phenols is 1. The fourth-order valence-corrected chi connectivity index (χ4v) is 5.35. The molecule has 8 N–H and O–H groups in total. The van der Waals surface area contributed by atoms with E-state index in [9.17, 15) is 45.6 Å². The molecule has 2 fully saturated rings. The Morgan fingerprint density at radius 3 is 2.11 bits per heavy atom. The third-order valence-electron chi connectivity index (χ3n) is 7.71. The predicted molar refractivity (Wildman–Crippen MR) is 156 cm³/mol. The van der Waals surface area contributed by atoms with Crippen LogP contribution < -0.4 is 9.47 Å². The van der Waals surface area contributed by atoms with Gasteiger partial charge in [-0.3, -0.25) is 0 Å². The highest BCUT2D eigenvalue weighted by Crippen LogP contribution is 2.44. The second-order valence-electron chi connectivity index (χ2n) is 11.8. The van der Waals surface area contributed by atoms with Crippen LogP contribution in [0.5, 0.6) is 23.0 Å². The number of aliphatic hydroxyl groups is 6. The van der Waals surface area contributed by atoms with Crippen LogP contribution in [0.1, 0.15) is 53.4 Å². The molecule has 2 heterocycles. The second kappa shape index (κ2) is 15.2. The number of ether oxygens (including phenoxy) is 6. The van der Waals surface area contributed by atoms with Crippen molar-refractivity contribution in [1.29, 1.82) is 0 Å². The van der Waals surface area contributed by atoms with Gasteiger partial charge in [0.15, 0.2) is 24.1 Å². The van der Waals surface area contributed by atoms with E-state index in [0.29, 0.717) is 12.0 Å². The zero-order valence-electron chi connectivity index (χ0n) is 25.8. The van der Waals surface area contributed by atoms with Crippen molar-refractivity contribution in [3.8, 4) is 23.0 Å². The fraction of sp³-hybridized carbons (Fsp3) is 0.581. The van der Waals surface area contributed by atoms with Crippen LogP contribution in [-0.2, 0) is 25.6 Å². The Hall–Kier alpha value is -3.09. The topological polar surface area (TPSA) is 234 Å². The Balaban J connectivity index is 1.67. The number of carbonyl (C=O) groups is 1. The monoisotopic (exact) mass is 654 g/mol. The summed E-state index contributed by atoms with van der Waals surface area (Å²) in [6.45, 7) is 4.62. The molecule has 2 aromatic rings. The maximum Gasteiger partial charge on any atom is 0.343 e. The summed E-state index contributed by atoms with van der Waals surface area (Å²) in [6.07, 6.45) is -12.0. The number of aliphatic hydroxyl groups excluding tert-OH is 6. The van der Waals surface area contributed by atoms with E-state index >= 15 is 0 Å². The molecule has 0 bridgehead atoms. The highest BCUT2D eigenvalue weighted by molar-refractivity contribution is 5.95. The van der Waals surface area contributed by atoms with E-state index in [2.05, 4.69) is 0 Å². The van der Waals surface area contributed by atoms with E-state index in [1.165, 1.54) is 25.3 Å². The van der Waals surface area contributed by atoms with Crippen LogP contribution in [0.4, 0.5) is 0 Å². The maximum absolute atomic E-state index is 12.7. The van der Waals surface area contributed by atoms with E-state index in [1.54, 1.807) is 13.0 Å². The average Bonchev–Trinajstić information content (AvgIpc) is 3.00. The van der Waals surface area contributed by atoms with Crippen molar-refractivity contribution in [3.63, 3.8) is 0 Å². The molecular weight excluding hydrogens is 612 g/mol. The number of aromatic carboxylic acids is 1. The Morgan fingerprint density at radius 1 is 0.913 bits per heavy atom. The number of benzene rings is 2. The molecule has 0 aromatic heterocycles.